The predicted molar refractivity (Wildman–Crippen MR) is 85.1 cm³/mol. The van der Waals surface area contributed by atoms with Crippen LogP contribution in [-0.4, -0.2) is 5.91 Å². The smallest absolute Gasteiger partial charge is 0.228 e. The molecule has 1 saturated carbocycles. The third-order valence-corrected chi connectivity index (χ3v) is 4.40. The van der Waals surface area contributed by atoms with Gasteiger partial charge in [0.05, 0.1) is 5.92 Å². The molecule has 1 amide bonds. The topological polar surface area (TPSA) is 29.1 Å². The van der Waals surface area contributed by atoms with Crippen molar-refractivity contribution in [2.45, 2.75) is 27.7 Å². The number of hydrogen-bond donors (Lipinski definition) is 1. The van der Waals surface area contributed by atoms with Crippen LogP contribution in [0.2, 0.25) is 0 Å². The molecule has 1 N–H and O–H groups in total. The highest BCUT2D eigenvalue weighted by Crippen LogP contribution is 2.60. The summed E-state index contributed by atoms with van der Waals surface area (Å²) in [5.74, 6) is 0.0343. The largest absolute Gasteiger partial charge is 0.326 e. The van der Waals surface area contributed by atoms with Crippen molar-refractivity contribution in [3.05, 3.63) is 39.9 Å². The lowest BCUT2D eigenvalue weighted by Crippen LogP contribution is -2.17. The zero-order valence-electron chi connectivity index (χ0n) is 12.1. The number of allylic oxidation sites excluding steroid dienone is 1. The van der Waals surface area contributed by atoms with Gasteiger partial charge in [-0.3, -0.25) is 4.79 Å². The summed E-state index contributed by atoms with van der Waals surface area (Å²) >= 11 is 11.4. The van der Waals surface area contributed by atoms with Gasteiger partial charge in [-0.2, -0.15) is 0 Å². The summed E-state index contributed by atoms with van der Waals surface area (Å²) < 4.78 is 0.227. The number of carbonyl (C=O) groups excluding carboxylic acids is 1. The second-order valence-electron chi connectivity index (χ2n) is 6.09. The van der Waals surface area contributed by atoms with Crippen LogP contribution >= 0.6 is 23.2 Å². The van der Waals surface area contributed by atoms with Crippen LogP contribution in [0.25, 0.3) is 0 Å². The first-order valence-corrected chi connectivity index (χ1v) is 7.40. The van der Waals surface area contributed by atoms with Crippen molar-refractivity contribution in [2.75, 3.05) is 5.32 Å². The van der Waals surface area contributed by atoms with Crippen LogP contribution in [0.1, 0.15) is 25.0 Å². The third kappa shape index (κ3) is 3.02. The van der Waals surface area contributed by atoms with Gasteiger partial charge in [-0.15, -0.1) is 0 Å². The maximum absolute atomic E-state index is 12.4. The molecule has 0 spiro atoms. The lowest BCUT2D eigenvalue weighted by molar-refractivity contribution is -0.118. The van der Waals surface area contributed by atoms with Gasteiger partial charge in [0.1, 0.15) is 4.49 Å². The Bertz CT molecular complexity index is 574. The Balaban J connectivity index is 2.14. The lowest BCUT2D eigenvalue weighted by atomic mass is 10.1. The molecule has 0 aromatic heterocycles. The van der Waals surface area contributed by atoms with Crippen LogP contribution in [0.15, 0.2) is 28.8 Å². The van der Waals surface area contributed by atoms with E-state index in [2.05, 4.69) is 19.2 Å². The maximum atomic E-state index is 12.4. The first kappa shape index (κ1) is 15.4. The van der Waals surface area contributed by atoms with Gasteiger partial charge in [0.25, 0.3) is 0 Å². The van der Waals surface area contributed by atoms with E-state index in [1.165, 1.54) is 0 Å². The SMILES string of the molecule is Cc1ccc(C)c(NC(=O)C2C(C=C(Cl)Cl)C2(C)C)c1. The Hall–Kier alpha value is -0.990. The summed E-state index contributed by atoms with van der Waals surface area (Å²) in [5, 5.41) is 3.02. The Kier molecular flexibility index (Phi) is 4.17. The molecule has 4 heteroatoms. The average Bonchev–Trinajstić information content (AvgIpc) is 2.84. The minimum Gasteiger partial charge on any atom is -0.326 e. The van der Waals surface area contributed by atoms with E-state index >= 15 is 0 Å². The molecule has 20 heavy (non-hydrogen) atoms. The van der Waals surface area contributed by atoms with E-state index in [-0.39, 0.29) is 27.6 Å². The second kappa shape index (κ2) is 5.42. The average molecular weight is 312 g/mol. The molecular formula is C16H19Cl2NO. The van der Waals surface area contributed by atoms with Gasteiger partial charge in [0.2, 0.25) is 5.91 Å². The number of hydrogen-bond acceptors (Lipinski definition) is 1. The molecular weight excluding hydrogens is 293 g/mol. The number of carbonyl (C=O) groups is 1. The number of amides is 1. The van der Waals surface area contributed by atoms with Gasteiger partial charge in [0, 0.05) is 5.69 Å². The van der Waals surface area contributed by atoms with Crippen LogP contribution in [-0.2, 0) is 4.79 Å². The highest BCUT2D eigenvalue weighted by molar-refractivity contribution is 6.55. The van der Waals surface area contributed by atoms with E-state index in [1.54, 1.807) is 6.08 Å². The summed E-state index contributed by atoms with van der Waals surface area (Å²) in [5.41, 5.74) is 2.96. The van der Waals surface area contributed by atoms with Crippen molar-refractivity contribution >= 4 is 34.8 Å². The number of aryl methyl sites for hydroxylation is 2. The number of nitrogens with one attached hydrogen (secondary N) is 1. The highest BCUT2D eigenvalue weighted by Gasteiger charge is 2.60. The Labute approximate surface area is 130 Å². The van der Waals surface area contributed by atoms with E-state index in [9.17, 15) is 4.79 Å². The van der Waals surface area contributed by atoms with Crippen molar-refractivity contribution in [1.29, 1.82) is 0 Å². The summed E-state index contributed by atoms with van der Waals surface area (Å²) in [7, 11) is 0. The van der Waals surface area contributed by atoms with Crippen LogP contribution in [0.5, 0.6) is 0 Å². The molecule has 2 atom stereocenters. The normalized spacial score (nSPS) is 23.1. The maximum Gasteiger partial charge on any atom is 0.228 e. The molecule has 2 rings (SSSR count). The summed E-state index contributed by atoms with van der Waals surface area (Å²) in [4.78, 5) is 12.4. The van der Waals surface area contributed by atoms with Gasteiger partial charge in [0.15, 0.2) is 0 Å². The first-order valence-electron chi connectivity index (χ1n) is 6.64. The Morgan fingerprint density at radius 3 is 2.55 bits per heavy atom. The monoisotopic (exact) mass is 311 g/mol. The number of rotatable bonds is 3. The van der Waals surface area contributed by atoms with E-state index in [0.717, 1.165) is 16.8 Å². The Morgan fingerprint density at radius 1 is 1.30 bits per heavy atom. The van der Waals surface area contributed by atoms with E-state index in [0.29, 0.717) is 0 Å². The van der Waals surface area contributed by atoms with Crippen LogP contribution < -0.4 is 5.32 Å². The zero-order valence-corrected chi connectivity index (χ0v) is 13.6. The van der Waals surface area contributed by atoms with Crippen molar-refractivity contribution in [2.24, 2.45) is 17.3 Å². The molecule has 0 bridgehead atoms. The summed E-state index contributed by atoms with van der Waals surface area (Å²) in [6.45, 7) is 8.10. The van der Waals surface area contributed by atoms with Gasteiger partial charge >= 0.3 is 0 Å². The minimum atomic E-state index is -0.100. The zero-order chi connectivity index (χ0) is 15.1. The molecule has 1 aliphatic rings. The highest BCUT2D eigenvalue weighted by atomic mass is 35.5. The van der Waals surface area contributed by atoms with Crippen molar-refractivity contribution < 1.29 is 4.79 Å². The lowest BCUT2D eigenvalue weighted by Gasteiger charge is -2.10. The van der Waals surface area contributed by atoms with E-state index in [1.807, 2.05) is 32.0 Å². The van der Waals surface area contributed by atoms with Crippen molar-refractivity contribution in [1.82, 2.24) is 0 Å². The molecule has 0 radical (unpaired) electrons. The molecule has 2 unspecified atom stereocenters. The number of halogens is 2. The molecule has 1 aliphatic carbocycles. The van der Waals surface area contributed by atoms with Gasteiger partial charge < -0.3 is 5.32 Å². The van der Waals surface area contributed by atoms with Gasteiger partial charge in [-0.05, 0) is 48.4 Å². The van der Waals surface area contributed by atoms with Crippen molar-refractivity contribution in [3.63, 3.8) is 0 Å². The summed E-state index contributed by atoms with van der Waals surface area (Å²) in [6, 6.07) is 6.03. The quantitative estimate of drug-likeness (QED) is 0.850. The predicted octanol–water partition coefficient (Wildman–Crippen LogP) is 4.83. The fourth-order valence-electron chi connectivity index (χ4n) is 2.71. The van der Waals surface area contributed by atoms with Crippen LogP contribution in [0.4, 0.5) is 5.69 Å². The second-order valence-corrected chi connectivity index (χ2v) is 7.10. The Morgan fingerprint density at radius 2 is 1.95 bits per heavy atom. The van der Waals surface area contributed by atoms with Crippen molar-refractivity contribution in [3.8, 4) is 0 Å². The molecule has 1 aromatic rings. The summed E-state index contributed by atoms with van der Waals surface area (Å²) in [6.07, 6.45) is 1.76. The third-order valence-electron chi connectivity index (χ3n) is 4.15. The van der Waals surface area contributed by atoms with Gasteiger partial charge in [-0.25, -0.2) is 0 Å². The number of anilines is 1. The van der Waals surface area contributed by atoms with E-state index < -0.39 is 0 Å². The minimum absolute atomic E-state index is 0.0273. The van der Waals surface area contributed by atoms with Crippen LogP contribution in [0, 0.1) is 31.1 Å². The molecule has 1 aromatic carbocycles. The molecule has 0 saturated heterocycles. The first-order chi connectivity index (χ1) is 9.23. The fraction of sp³-hybridized carbons (Fsp3) is 0.438. The molecule has 0 heterocycles. The van der Waals surface area contributed by atoms with Gasteiger partial charge in [-0.1, -0.05) is 49.2 Å². The standard InChI is InChI=1S/C16H19Cl2NO/c1-9-5-6-10(2)12(7-9)19-15(20)14-11(8-13(17)18)16(14,3)4/h5-8,11,14H,1-4H3,(H,19,20). The molecule has 108 valence electrons. The van der Waals surface area contributed by atoms with Crippen LogP contribution in [0.3, 0.4) is 0 Å². The van der Waals surface area contributed by atoms with E-state index in [4.69, 9.17) is 23.2 Å². The number of benzene rings is 1. The fourth-order valence-corrected chi connectivity index (χ4v) is 2.98. The molecule has 1 fully saturated rings. The molecule has 0 aliphatic heterocycles. The molecule has 2 nitrogen and oxygen atoms in total.